The Hall–Kier alpha value is -1.15. The summed E-state index contributed by atoms with van der Waals surface area (Å²) in [5.74, 6) is 0.294. The predicted molar refractivity (Wildman–Crippen MR) is 82.3 cm³/mol. The highest BCUT2D eigenvalue weighted by Crippen LogP contribution is 2.23. The number of hydrogen-bond donors (Lipinski definition) is 1. The largest absolute Gasteiger partial charge is 0.314 e. The number of aryl methyl sites for hydroxylation is 2. The van der Waals surface area contributed by atoms with Gasteiger partial charge in [-0.2, -0.15) is 0 Å². The van der Waals surface area contributed by atoms with E-state index >= 15 is 0 Å². The third kappa shape index (κ3) is 3.29. The zero-order valence-electron chi connectivity index (χ0n) is 12.3. The summed E-state index contributed by atoms with van der Waals surface area (Å²) < 4.78 is 0. The quantitative estimate of drug-likeness (QED) is 0.828. The van der Waals surface area contributed by atoms with Crippen LogP contribution >= 0.6 is 0 Å². The highest BCUT2D eigenvalue weighted by molar-refractivity contribution is 5.96. The second kappa shape index (κ2) is 6.53. The molecule has 0 atom stereocenters. The van der Waals surface area contributed by atoms with E-state index in [1.54, 1.807) is 0 Å². The molecule has 2 heteroatoms. The molecule has 20 heavy (non-hydrogen) atoms. The molecule has 1 N–H and O–H groups in total. The summed E-state index contributed by atoms with van der Waals surface area (Å²) in [5.41, 5.74) is 3.76. The molecule has 1 aromatic rings. The van der Waals surface area contributed by atoms with Crippen molar-refractivity contribution >= 4 is 5.78 Å². The molecule has 0 aliphatic heterocycles. The van der Waals surface area contributed by atoms with Gasteiger partial charge in [0, 0.05) is 24.6 Å². The maximum absolute atomic E-state index is 12.2. The maximum Gasteiger partial charge on any atom is 0.164 e. The standard InChI is InChI=1S/C18H25NO/c20-18(11-12-19-17-7-2-1-3-8-17)16-10-9-14-5-4-6-15(14)13-16/h9-10,13,17,19H,1-8,11-12H2. The van der Waals surface area contributed by atoms with E-state index in [0.717, 1.165) is 18.5 Å². The molecule has 2 aliphatic carbocycles. The zero-order chi connectivity index (χ0) is 13.8. The molecule has 0 bridgehead atoms. The molecule has 1 saturated carbocycles. The van der Waals surface area contributed by atoms with Gasteiger partial charge >= 0.3 is 0 Å². The fourth-order valence-electron chi connectivity index (χ4n) is 3.59. The van der Waals surface area contributed by atoms with Crippen molar-refractivity contribution in [3.8, 4) is 0 Å². The molecule has 0 aromatic heterocycles. The fourth-order valence-corrected chi connectivity index (χ4v) is 3.59. The highest BCUT2D eigenvalue weighted by Gasteiger charge is 2.15. The van der Waals surface area contributed by atoms with Gasteiger partial charge in [-0.05, 0) is 49.3 Å². The van der Waals surface area contributed by atoms with Crippen LogP contribution in [0, 0.1) is 0 Å². The number of hydrogen-bond acceptors (Lipinski definition) is 2. The van der Waals surface area contributed by atoms with Gasteiger partial charge in [0.1, 0.15) is 0 Å². The van der Waals surface area contributed by atoms with Gasteiger partial charge in [-0.3, -0.25) is 4.79 Å². The van der Waals surface area contributed by atoms with Gasteiger partial charge in [0.15, 0.2) is 5.78 Å². The summed E-state index contributed by atoms with van der Waals surface area (Å²) in [5, 5.41) is 3.55. The Morgan fingerprint density at radius 2 is 1.85 bits per heavy atom. The Bertz CT molecular complexity index is 474. The van der Waals surface area contributed by atoms with Gasteiger partial charge < -0.3 is 5.32 Å². The number of ketones is 1. The van der Waals surface area contributed by atoms with E-state index < -0.39 is 0 Å². The highest BCUT2D eigenvalue weighted by atomic mass is 16.1. The molecule has 2 aliphatic rings. The van der Waals surface area contributed by atoms with Crippen LogP contribution in [0.15, 0.2) is 18.2 Å². The van der Waals surface area contributed by atoms with Crippen LogP contribution in [-0.2, 0) is 12.8 Å². The molecule has 0 amide bonds. The first-order valence-corrected chi connectivity index (χ1v) is 8.21. The van der Waals surface area contributed by atoms with Crippen LogP contribution < -0.4 is 5.32 Å². The maximum atomic E-state index is 12.2. The molecule has 108 valence electrons. The van der Waals surface area contributed by atoms with Crippen molar-refractivity contribution in [3.05, 3.63) is 34.9 Å². The summed E-state index contributed by atoms with van der Waals surface area (Å²) in [4.78, 5) is 12.2. The molecular weight excluding hydrogens is 246 g/mol. The molecule has 1 aromatic carbocycles. The number of benzene rings is 1. The molecule has 0 unspecified atom stereocenters. The Labute approximate surface area is 122 Å². The lowest BCUT2D eigenvalue weighted by Gasteiger charge is -2.22. The fraction of sp³-hybridized carbons (Fsp3) is 0.611. The third-order valence-electron chi connectivity index (χ3n) is 4.81. The first-order chi connectivity index (χ1) is 9.83. The second-order valence-corrected chi connectivity index (χ2v) is 6.30. The van der Waals surface area contributed by atoms with E-state index in [1.807, 2.05) is 6.07 Å². The zero-order valence-corrected chi connectivity index (χ0v) is 12.3. The van der Waals surface area contributed by atoms with E-state index in [0.29, 0.717) is 18.2 Å². The molecule has 0 saturated heterocycles. The Balaban J connectivity index is 1.49. The van der Waals surface area contributed by atoms with Gasteiger partial charge in [0.05, 0.1) is 0 Å². The first-order valence-electron chi connectivity index (χ1n) is 8.21. The van der Waals surface area contributed by atoms with Crippen LogP contribution in [0.4, 0.5) is 0 Å². The van der Waals surface area contributed by atoms with Crippen LogP contribution in [0.25, 0.3) is 0 Å². The minimum atomic E-state index is 0.294. The molecule has 0 heterocycles. The normalized spacial score (nSPS) is 19.0. The van der Waals surface area contributed by atoms with Crippen LogP contribution in [0.5, 0.6) is 0 Å². The minimum Gasteiger partial charge on any atom is -0.314 e. The Morgan fingerprint density at radius 1 is 1.05 bits per heavy atom. The van der Waals surface area contributed by atoms with E-state index in [1.165, 1.54) is 56.1 Å². The van der Waals surface area contributed by atoms with Crippen molar-refractivity contribution in [2.45, 2.75) is 63.8 Å². The SMILES string of the molecule is O=C(CCNC1CCCCC1)c1ccc2c(c1)CCC2. The lowest BCUT2D eigenvalue weighted by atomic mass is 9.95. The second-order valence-electron chi connectivity index (χ2n) is 6.30. The van der Waals surface area contributed by atoms with Crippen LogP contribution in [0.3, 0.4) is 0 Å². The van der Waals surface area contributed by atoms with Gasteiger partial charge in [0.25, 0.3) is 0 Å². The molecule has 3 rings (SSSR count). The van der Waals surface area contributed by atoms with Crippen molar-refractivity contribution in [2.75, 3.05) is 6.54 Å². The minimum absolute atomic E-state index is 0.294. The van der Waals surface area contributed by atoms with Crippen LogP contribution in [0.1, 0.15) is 66.4 Å². The monoisotopic (exact) mass is 271 g/mol. The lowest BCUT2D eigenvalue weighted by Crippen LogP contribution is -2.32. The van der Waals surface area contributed by atoms with Crippen molar-refractivity contribution in [1.82, 2.24) is 5.32 Å². The van der Waals surface area contributed by atoms with Gasteiger partial charge in [-0.25, -0.2) is 0 Å². The Kier molecular flexibility index (Phi) is 4.51. The summed E-state index contributed by atoms with van der Waals surface area (Å²) >= 11 is 0. The van der Waals surface area contributed by atoms with Crippen LogP contribution in [-0.4, -0.2) is 18.4 Å². The summed E-state index contributed by atoms with van der Waals surface area (Å²) in [6.07, 6.45) is 10.9. The van der Waals surface area contributed by atoms with Gasteiger partial charge in [-0.15, -0.1) is 0 Å². The summed E-state index contributed by atoms with van der Waals surface area (Å²) in [6, 6.07) is 6.96. The van der Waals surface area contributed by atoms with Crippen molar-refractivity contribution in [2.24, 2.45) is 0 Å². The van der Waals surface area contributed by atoms with E-state index in [9.17, 15) is 4.79 Å². The predicted octanol–water partition coefficient (Wildman–Crippen LogP) is 3.67. The molecule has 1 fully saturated rings. The summed E-state index contributed by atoms with van der Waals surface area (Å²) in [7, 11) is 0. The number of rotatable bonds is 5. The average molecular weight is 271 g/mol. The van der Waals surface area contributed by atoms with Crippen molar-refractivity contribution in [3.63, 3.8) is 0 Å². The van der Waals surface area contributed by atoms with E-state index in [2.05, 4.69) is 17.4 Å². The van der Waals surface area contributed by atoms with Gasteiger partial charge in [-0.1, -0.05) is 31.4 Å². The Morgan fingerprint density at radius 3 is 2.70 bits per heavy atom. The van der Waals surface area contributed by atoms with E-state index in [-0.39, 0.29) is 0 Å². The van der Waals surface area contributed by atoms with Crippen molar-refractivity contribution < 1.29 is 4.79 Å². The average Bonchev–Trinajstić information content (AvgIpc) is 2.95. The number of carbonyl (C=O) groups excluding carboxylic acids is 1. The van der Waals surface area contributed by atoms with Crippen LogP contribution in [0.2, 0.25) is 0 Å². The molecule has 0 spiro atoms. The smallest absolute Gasteiger partial charge is 0.164 e. The lowest BCUT2D eigenvalue weighted by molar-refractivity contribution is 0.0981. The summed E-state index contributed by atoms with van der Waals surface area (Å²) in [6.45, 7) is 0.834. The van der Waals surface area contributed by atoms with Crippen molar-refractivity contribution in [1.29, 1.82) is 0 Å². The van der Waals surface area contributed by atoms with Gasteiger partial charge in [0.2, 0.25) is 0 Å². The third-order valence-corrected chi connectivity index (χ3v) is 4.81. The number of carbonyl (C=O) groups is 1. The number of Topliss-reactive ketones (excluding diaryl/α,β-unsaturated/α-hetero) is 1. The topological polar surface area (TPSA) is 29.1 Å². The number of fused-ring (bicyclic) bond motifs is 1. The first kappa shape index (κ1) is 13.8. The number of nitrogens with one attached hydrogen (secondary N) is 1. The molecule has 2 nitrogen and oxygen atoms in total. The van der Waals surface area contributed by atoms with E-state index in [4.69, 9.17) is 0 Å². The molecule has 0 radical (unpaired) electrons. The molecular formula is C18H25NO.